The minimum absolute atomic E-state index is 0.0625. The van der Waals surface area contributed by atoms with E-state index in [-0.39, 0.29) is 25.8 Å². The Kier molecular flexibility index (Phi) is 4.55. The third-order valence-electron chi connectivity index (χ3n) is 2.68. The van der Waals surface area contributed by atoms with Gasteiger partial charge in [0.2, 0.25) is 0 Å². The first-order chi connectivity index (χ1) is 9.45. The van der Waals surface area contributed by atoms with Crippen molar-refractivity contribution in [2.75, 3.05) is 7.11 Å². The van der Waals surface area contributed by atoms with Crippen molar-refractivity contribution >= 4 is 37.6 Å². The molecule has 0 N–H and O–H groups in total. The molecule has 2 rings (SSSR count). The van der Waals surface area contributed by atoms with E-state index in [2.05, 4.69) is 31.9 Å². The fourth-order valence-electron chi connectivity index (χ4n) is 1.70. The number of halogens is 4. The highest BCUT2D eigenvalue weighted by Crippen LogP contribution is 2.30. The molecule has 2 nitrogen and oxygen atoms in total. The van der Waals surface area contributed by atoms with Gasteiger partial charge >= 0.3 is 0 Å². The van der Waals surface area contributed by atoms with Gasteiger partial charge in [0, 0.05) is 11.6 Å². The van der Waals surface area contributed by atoms with Gasteiger partial charge in [-0.3, -0.25) is 4.79 Å². The van der Waals surface area contributed by atoms with Gasteiger partial charge < -0.3 is 4.74 Å². The molecule has 0 amide bonds. The van der Waals surface area contributed by atoms with Gasteiger partial charge in [-0.1, -0.05) is 6.07 Å². The number of hydrogen-bond donors (Lipinski definition) is 0. The summed E-state index contributed by atoms with van der Waals surface area (Å²) in [6, 6.07) is 6.56. The lowest BCUT2D eigenvalue weighted by molar-refractivity contribution is 0.103. The van der Waals surface area contributed by atoms with E-state index >= 15 is 0 Å². The fraction of sp³-hybridized carbons (Fsp3) is 0.0714. The molecule has 104 valence electrons. The smallest absolute Gasteiger partial charge is 0.198 e. The molecule has 20 heavy (non-hydrogen) atoms. The molecule has 2 aromatic carbocycles. The van der Waals surface area contributed by atoms with Crippen LogP contribution in [0.5, 0.6) is 5.75 Å². The minimum atomic E-state index is -0.545. The second-order valence-electron chi connectivity index (χ2n) is 3.90. The second-order valence-corrected chi connectivity index (χ2v) is 5.54. The van der Waals surface area contributed by atoms with E-state index in [1.807, 2.05) is 0 Å². The maximum absolute atomic E-state index is 13.5. The molecule has 2 aromatic rings. The molecule has 0 aliphatic rings. The molecule has 0 aliphatic heterocycles. The van der Waals surface area contributed by atoms with Crippen LogP contribution in [-0.2, 0) is 0 Å². The van der Waals surface area contributed by atoms with Crippen LogP contribution in [0, 0.1) is 11.6 Å². The van der Waals surface area contributed by atoms with Gasteiger partial charge in [0.1, 0.15) is 17.4 Å². The third-order valence-corrected chi connectivity index (χ3v) is 4.10. The fourth-order valence-corrected chi connectivity index (χ4v) is 2.49. The van der Waals surface area contributed by atoms with Crippen LogP contribution in [0.15, 0.2) is 39.3 Å². The van der Waals surface area contributed by atoms with Crippen LogP contribution >= 0.6 is 31.9 Å². The van der Waals surface area contributed by atoms with Crippen molar-refractivity contribution in [1.29, 1.82) is 0 Å². The summed E-state index contributed by atoms with van der Waals surface area (Å²) >= 11 is 6.05. The minimum Gasteiger partial charge on any atom is -0.496 e. The Morgan fingerprint density at radius 3 is 2.45 bits per heavy atom. The van der Waals surface area contributed by atoms with Gasteiger partial charge in [0.05, 0.1) is 21.6 Å². The summed E-state index contributed by atoms with van der Waals surface area (Å²) in [7, 11) is 1.33. The molecule has 0 heterocycles. The number of ketones is 1. The number of carbonyl (C=O) groups excluding carboxylic acids is 1. The summed E-state index contributed by atoms with van der Waals surface area (Å²) in [5.41, 5.74) is 0.286. The zero-order valence-corrected chi connectivity index (χ0v) is 13.4. The summed E-state index contributed by atoms with van der Waals surface area (Å²) in [4.78, 5) is 12.4. The lowest BCUT2D eigenvalue weighted by Crippen LogP contribution is -2.06. The molecule has 0 bridgehead atoms. The summed E-state index contributed by atoms with van der Waals surface area (Å²) < 4.78 is 32.1. The molecule has 0 saturated heterocycles. The summed E-state index contributed by atoms with van der Waals surface area (Å²) in [5.74, 6) is -1.46. The van der Waals surface area contributed by atoms with Crippen LogP contribution in [-0.4, -0.2) is 12.9 Å². The predicted molar refractivity (Wildman–Crippen MR) is 78.2 cm³/mol. The zero-order chi connectivity index (χ0) is 14.9. The van der Waals surface area contributed by atoms with Gasteiger partial charge in [-0.25, -0.2) is 8.78 Å². The molecule has 0 fully saturated rings. The number of ether oxygens (including phenoxy) is 1. The molecule has 0 atom stereocenters. The highest BCUT2D eigenvalue weighted by atomic mass is 79.9. The van der Waals surface area contributed by atoms with Crippen molar-refractivity contribution in [2.24, 2.45) is 0 Å². The first kappa shape index (κ1) is 15.1. The van der Waals surface area contributed by atoms with Gasteiger partial charge in [0.15, 0.2) is 5.78 Å². The molecule has 0 aliphatic carbocycles. The Bertz CT molecular complexity index is 687. The quantitative estimate of drug-likeness (QED) is 0.690. The van der Waals surface area contributed by atoms with E-state index < -0.39 is 17.4 Å². The van der Waals surface area contributed by atoms with Crippen molar-refractivity contribution in [3.63, 3.8) is 0 Å². The lowest BCUT2D eigenvalue weighted by atomic mass is 10.0. The topological polar surface area (TPSA) is 26.3 Å². The van der Waals surface area contributed by atoms with Crippen molar-refractivity contribution in [3.05, 3.63) is 62.0 Å². The van der Waals surface area contributed by atoms with Gasteiger partial charge in [-0.15, -0.1) is 0 Å². The lowest BCUT2D eigenvalue weighted by Gasteiger charge is -2.10. The Hall–Kier alpha value is -1.27. The van der Waals surface area contributed by atoms with E-state index in [4.69, 9.17) is 4.74 Å². The monoisotopic (exact) mass is 404 g/mol. The van der Waals surface area contributed by atoms with E-state index in [0.29, 0.717) is 0 Å². The van der Waals surface area contributed by atoms with Crippen LogP contribution in [0.2, 0.25) is 0 Å². The molecule has 0 radical (unpaired) electrons. The number of rotatable bonds is 3. The molecule has 0 saturated carbocycles. The number of hydrogen-bond acceptors (Lipinski definition) is 2. The van der Waals surface area contributed by atoms with Gasteiger partial charge in [-0.05, 0) is 50.1 Å². The van der Waals surface area contributed by atoms with Crippen LogP contribution in [0.25, 0.3) is 0 Å². The van der Waals surface area contributed by atoms with Crippen molar-refractivity contribution in [3.8, 4) is 5.75 Å². The predicted octanol–water partition coefficient (Wildman–Crippen LogP) is 4.73. The van der Waals surface area contributed by atoms with Crippen LogP contribution < -0.4 is 4.74 Å². The summed E-state index contributed by atoms with van der Waals surface area (Å²) in [6.45, 7) is 0. The highest BCUT2D eigenvalue weighted by Gasteiger charge is 2.20. The Labute approximate surface area is 131 Å². The average Bonchev–Trinajstić information content (AvgIpc) is 2.43. The number of methoxy groups -OCH3 is 1. The maximum atomic E-state index is 13.5. The molecular weight excluding hydrogens is 398 g/mol. The van der Waals surface area contributed by atoms with E-state index in [9.17, 15) is 13.6 Å². The first-order valence-electron chi connectivity index (χ1n) is 5.47. The van der Waals surface area contributed by atoms with Gasteiger partial charge in [0.25, 0.3) is 0 Å². The van der Waals surface area contributed by atoms with Crippen LogP contribution in [0.1, 0.15) is 15.9 Å². The van der Waals surface area contributed by atoms with E-state index in [0.717, 1.165) is 6.07 Å². The van der Waals surface area contributed by atoms with Crippen molar-refractivity contribution < 1.29 is 18.3 Å². The normalized spacial score (nSPS) is 10.4. The van der Waals surface area contributed by atoms with E-state index in [1.54, 1.807) is 0 Å². The standard InChI is InChI=1S/C14H8Br2F2O2/c1-20-12-6-11(18)9(15)5-8(12)14(19)7-3-2-4-10(17)13(7)16/h2-6H,1H3. The highest BCUT2D eigenvalue weighted by molar-refractivity contribution is 9.10. The van der Waals surface area contributed by atoms with E-state index in [1.165, 1.54) is 31.4 Å². The molecule has 6 heteroatoms. The second kappa shape index (κ2) is 6.01. The van der Waals surface area contributed by atoms with Crippen LogP contribution in [0.4, 0.5) is 8.78 Å². The number of carbonyl (C=O) groups is 1. The average molecular weight is 406 g/mol. The zero-order valence-electron chi connectivity index (χ0n) is 10.2. The molecule has 0 unspecified atom stereocenters. The maximum Gasteiger partial charge on any atom is 0.198 e. The van der Waals surface area contributed by atoms with Gasteiger partial charge in [-0.2, -0.15) is 0 Å². The molecule has 0 spiro atoms. The largest absolute Gasteiger partial charge is 0.496 e. The number of benzene rings is 2. The summed E-state index contributed by atoms with van der Waals surface area (Å²) in [5, 5.41) is 0. The third kappa shape index (κ3) is 2.76. The Balaban J connectivity index is 2.59. The summed E-state index contributed by atoms with van der Waals surface area (Å²) in [6.07, 6.45) is 0. The van der Waals surface area contributed by atoms with Crippen molar-refractivity contribution in [2.45, 2.75) is 0 Å². The Morgan fingerprint density at radius 2 is 1.80 bits per heavy atom. The Morgan fingerprint density at radius 1 is 1.10 bits per heavy atom. The molecule has 0 aromatic heterocycles. The first-order valence-corrected chi connectivity index (χ1v) is 7.06. The van der Waals surface area contributed by atoms with Crippen molar-refractivity contribution in [1.82, 2.24) is 0 Å². The molecular formula is C14H8Br2F2O2. The SMILES string of the molecule is COc1cc(F)c(Br)cc1C(=O)c1cccc(F)c1Br. The van der Waals surface area contributed by atoms with Crippen LogP contribution in [0.3, 0.4) is 0 Å².